The van der Waals surface area contributed by atoms with Gasteiger partial charge in [-0.25, -0.2) is 0 Å². The summed E-state index contributed by atoms with van der Waals surface area (Å²) in [4.78, 5) is 13.1. The molecule has 0 saturated heterocycles. The number of carbonyl (C=O) groups is 1. The van der Waals surface area contributed by atoms with Crippen molar-refractivity contribution in [3.8, 4) is 0 Å². The van der Waals surface area contributed by atoms with Gasteiger partial charge in [0.05, 0.1) is 0 Å². The van der Waals surface area contributed by atoms with Crippen LogP contribution >= 0.6 is 0 Å². The summed E-state index contributed by atoms with van der Waals surface area (Å²) in [7, 11) is 9.14. The normalized spacial score (nSPS) is 9.77. The summed E-state index contributed by atoms with van der Waals surface area (Å²) < 4.78 is 0. The molecule has 1 rings (SSSR count). The summed E-state index contributed by atoms with van der Waals surface area (Å²) in [6.07, 6.45) is 0. The zero-order valence-electron chi connectivity index (χ0n) is 8.16. The number of benzene rings is 1. The van der Waals surface area contributed by atoms with E-state index in [0.717, 1.165) is 5.56 Å². The van der Waals surface area contributed by atoms with E-state index in [2.05, 4.69) is 0 Å². The SMILES string of the molecule is [B]c1cccc(C(=O)N(C)C)c1C. The lowest BCUT2D eigenvalue weighted by molar-refractivity contribution is 0.0827. The Morgan fingerprint density at radius 1 is 1.38 bits per heavy atom. The Morgan fingerprint density at radius 3 is 2.54 bits per heavy atom. The summed E-state index contributed by atoms with van der Waals surface area (Å²) in [6.45, 7) is 1.85. The van der Waals surface area contributed by atoms with Gasteiger partial charge in [-0.2, -0.15) is 0 Å². The van der Waals surface area contributed by atoms with Crippen molar-refractivity contribution in [2.24, 2.45) is 0 Å². The van der Waals surface area contributed by atoms with Crippen LogP contribution in [0.1, 0.15) is 15.9 Å². The molecule has 0 atom stereocenters. The highest BCUT2D eigenvalue weighted by atomic mass is 16.2. The summed E-state index contributed by atoms with van der Waals surface area (Å²) in [6, 6.07) is 5.37. The minimum Gasteiger partial charge on any atom is -0.345 e. The number of carbonyl (C=O) groups excluding carboxylic acids is 1. The van der Waals surface area contributed by atoms with Crippen LogP contribution in [-0.2, 0) is 0 Å². The number of hydrogen-bond donors (Lipinski definition) is 0. The molecule has 13 heavy (non-hydrogen) atoms. The van der Waals surface area contributed by atoms with Gasteiger partial charge in [-0.3, -0.25) is 4.79 Å². The molecule has 0 bridgehead atoms. The zero-order chi connectivity index (χ0) is 10.0. The quantitative estimate of drug-likeness (QED) is 0.566. The summed E-state index contributed by atoms with van der Waals surface area (Å²) in [5.74, 6) is -0.00944. The predicted molar refractivity (Wildman–Crippen MR) is 54.6 cm³/mol. The molecule has 0 aliphatic carbocycles. The Bertz CT molecular complexity index is 334. The molecule has 0 N–H and O–H groups in total. The molecule has 0 aromatic heterocycles. The number of rotatable bonds is 1. The minimum absolute atomic E-state index is 0.00944. The molecule has 0 unspecified atom stereocenters. The van der Waals surface area contributed by atoms with Gasteiger partial charge in [-0.1, -0.05) is 17.6 Å². The van der Waals surface area contributed by atoms with E-state index >= 15 is 0 Å². The van der Waals surface area contributed by atoms with Gasteiger partial charge in [0, 0.05) is 19.7 Å². The fraction of sp³-hybridized carbons (Fsp3) is 0.300. The van der Waals surface area contributed by atoms with Crippen LogP contribution in [0.3, 0.4) is 0 Å². The lowest BCUT2D eigenvalue weighted by Gasteiger charge is -2.13. The van der Waals surface area contributed by atoms with E-state index < -0.39 is 0 Å². The maximum absolute atomic E-state index is 11.6. The molecule has 2 nitrogen and oxygen atoms in total. The van der Waals surface area contributed by atoms with Gasteiger partial charge in [-0.15, -0.1) is 0 Å². The third kappa shape index (κ3) is 1.91. The molecule has 0 spiro atoms. The fourth-order valence-corrected chi connectivity index (χ4v) is 1.13. The first kappa shape index (κ1) is 9.84. The maximum Gasteiger partial charge on any atom is 0.253 e. The Kier molecular flexibility index (Phi) is 2.76. The lowest BCUT2D eigenvalue weighted by atomic mass is 9.88. The second-order valence-electron chi connectivity index (χ2n) is 3.22. The third-order valence-corrected chi connectivity index (χ3v) is 2.01. The highest BCUT2D eigenvalue weighted by Crippen LogP contribution is 2.06. The van der Waals surface area contributed by atoms with Crippen molar-refractivity contribution in [1.29, 1.82) is 0 Å². The minimum atomic E-state index is -0.00944. The molecule has 0 heterocycles. The Labute approximate surface area is 80.0 Å². The van der Waals surface area contributed by atoms with Crippen molar-refractivity contribution < 1.29 is 4.79 Å². The standard InChI is InChI=1S/C10H12BNO/c1-7-8(10(13)12(2)3)5-4-6-9(7)11/h4-6H,1-3H3. The molecule has 0 fully saturated rings. The fourth-order valence-electron chi connectivity index (χ4n) is 1.13. The van der Waals surface area contributed by atoms with Gasteiger partial charge >= 0.3 is 0 Å². The van der Waals surface area contributed by atoms with Crippen molar-refractivity contribution in [3.05, 3.63) is 29.3 Å². The largest absolute Gasteiger partial charge is 0.345 e. The smallest absolute Gasteiger partial charge is 0.253 e. The van der Waals surface area contributed by atoms with Gasteiger partial charge in [0.1, 0.15) is 7.85 Å². The average Bonchev–Trinajstić information content (AvgIpc) is 2.08. The second kappa shape index (κ2) is 3.65. The van der Waals surface area contributed by atoms with Crippen LogP contribution in [0.4, 0.5) is 0 Å². The lowest BCUT2D eigenvalue weighted by Crippen LogP contribution is -2.24. The Hall–Kier alpha value is -1.25. The van der Waals surface area contributed by atoms with Crippen LogP contribution in [0.2, 0.25) is 0 Å². The first-order valence-electron chi connectivity index (χ1n) is 4.10. The topological polar surface area (TPSA) is 20.3 Å². The van der Waals surface area contributed by atoms with Crippen molar-refractivity contribution in [2.45, 2.75) is 6.92 Å². The molecule has 1 aromatic carbocycles. The molecule has 3 heteroatoms. The van der Waals surface area contributed by atoms with Crippen LogP contribution < -0.4 is 5.46 Å². The predicted octanol–water partition coefficient (Wildman–Crippen LogP) is 0.491. The van der Waals surface area contributed by atoms with Crippen LogP contribution in [0, 0.1) is 6.92 Å². The molecule has 0 aliphatic heterocycles. The molecule has 66 valence electrons. The van der Waals surface area contributed by atoms with Gasteiger partial charge < -0.3 is 4.90 Å². The van der Waals surface area contributed by atoms with Crippen LogP contribution in [-0.4, -0.2) is 32.7 Å². The second-order valence-corrected chi connectivity index (χ2v) is 3.22. The Morgan fingerprint density at radius 2 is 2.00 bits per heavy atom. The van der Waals surface area contributed by atoms with Crippen molar-refractivity contribution in [2.75, 3.05) is 14.1 Å². The summed E-state index contributed by atoms with van der Waals surface area (Å²) in [5.41, 5.74) is 2.18. The van der Waals surface area contributed by atoms with E-state index in [1.54, 1.807) is 37.2 Å². The van der Waals surface area contributed by atoms with Crippen molar-refractivity contribution in [1.82, 2.24) is 4.90 Å². The highest BCUT2D eigenvalue weighted by Gasteiger charge is 2.10. The molecule has 1 aromatic rings. The van der Waals surface area contributed by atoms with E-state index in [4.69, 9.17) is 7.85 Å². The van der Waals surface area contributed by atoms with Crippen LogP contribution in [0.5, 0.6) is 0 Å². The first-order valence-corrected chi connectivity index (χ1v) is 4.10. The maximum atomic E-state index is 11.6. The summed E-state index contributed by atoms with van der Waals surface area (Å²) >= 11 is 0. The van der Waals surface area contributed by atoms with E-state index in [-0.39, 0.29) is 5.91 Å². The molecule has 0 aliphatic rings. The van der Waals surface area contributed by atoms with Gasteiger partial charge in [0.2, 0.25) is 0 Å². The van der Waals surface area contributed by atoms with Crippen molar-refractivity contribution in [3.63, 3.8) is 0 Å². The zero-order valence-corrected chi connectivity index (χ0v) is 8.16. The van der Waals surface area contributed by atoms with E-state index in [0.29, 0.717) is 11.0 Å². The third-order valence-electron chi connectivity index (χ3n) is 2.01. The van der Waals surface area contributed by atoms with Crippen molar-refractivity contribution >= 4 is 19.2 Å². The monoisotopic (exact) mass is 173 g/mol. The Balaban J connectivity index is 3.15. The van der Waals surface area contributed by atoms with E-state index in [9.17, 15) is 4.79 Å². The van der Waals surface area contributed by atoms with E-state index in [1.807, 2.05) is 6.92 Å². The summed E-state index contributed by atoms with van der Waals surface area (Å²) in [5, 5.41) is 0. The highest BCUT2D eigenvalue weighted by molar-refractivity contribution is 6.33. The number of hydrogen-bond acceptors (Lipinski definition) is 1. The molecule has 1 amide bonds. The van der Waals surface area contributed by atoms with Gasteiger partial charge in [-0.05, 0) is 18.6 Å². The van der Waals surface area contributed by atoms with Gasteiger partial charge in [0.25, 0.3) is 5.91 Å². The van der Waals surface area contributed by atoms with Gasteiger partial charge in [0.15, 0.2) is 0 Å². The molecular weight excluding hydrogens is 161 g/mol. The molecular formula is C10H12BNO. The van der Waals surface area contributed by atoms with E-state index in [1.165, 1.54) is 0 Å². The number of amides is 1. The molecule has 2 radical (unpaired) electrons. The number of nitrogens with zero attached hydrogens (tertiary/aromatic N) is 1. The average molecular weight is 173 g/mol. The first-order chi connectivity index (χ1) is 6.04. The van der Waals surface area contributed by atoms with Crippen LogP contribution in [0.25, 0.3) is 0 Å². The molecule has 0 saturated carbocycles. The van der Waals surface area contributed by atoms with Crippen LogP contribution in [0.15, 0.2) is 18.2 Å².